The molecule has 1 atom stereocenters. The maximum Gasteiger partial charge on any atom is 0.258 e. The number of para-hydroxylation sites is 1. The smallest absolute Gasteiger partial charge is 0.258 e. The number of tetrazole rings is 1. The second-order valence-corrected chi connectivity index (χ2v) is 8.04. The van der Waals surface area contributed by atoms with E-state index in [0.717, 1.165) is 6.42 Å². The van der Waals surface area contributed by atoms with Crippen molar-refractivity contribution in [3.8, 4) is 17.2 Å². The van der Waals surface area contributed by atoms with Gasteiger partial charge in [-0.25, -0.2) is 5.10 Å². The predicted octanol–water partition coefficient (Wildman–Crippen LogP) is 4.85. The lowest BCUT2D eigenvalue weighted by atomic mass is 10.1. The van der Waals surface area contributed by atoms with Gasteiger partial charge in [0.05, 0.1) is 11.9 Å². The highest BCUT2D eigenvalue weighted by Crippen LogP contribution is 2.43. The van der Waals surface area contributed by atoms with Crippen molar-refractivity contribution in [3.63, 3.8) is 0 Å². The lowest BCUT2D eigenvalue weighted by molar-refractivity contribution is 0.0849. The molecule has 1 unspecified atom stereocenters. The van der Waals surface area contributed by atoms with Gasteiger partial charge in [-0.2, -0.15) is 0 Å². The largest absolute Gasteiger partial charge is 0.485 e. The number of H-pyrrole nitrogens is 1. The number of carbonyl (C=O) groups excluding carboxylic acids is 1. The van der Waals surface area contributed by atoms with Crippen LogP contribution in [0.4, 0.5) is 5.69 Å². The lowest BCUT2D eigenvalue weighted by Crippen LogP contribution is -2.29. The van der Waals surface area contributed by atoms with E-state index in [4.69, 9.17) is 14.2 Å². The van der Waals surface area contributed by atoms with Gasteiger partial charge in [-0.05, 0) is 65.7 Å². The summed E-state index contributed by atoms with van der Waals surface area (Å²) in [7, 11) is 1.70. The Kier molecular flexibility index (Phi) is 7.75. The molecular weight excluding hydrogens is 434 g/mol. The van der Waals surface area contributed by atoms with Crippen LogP contribution in [0.5, 0.6) is 17.2 Å². The molecule has 0 fully saturated rings. The van der Waals surface area contributed by atoms with Crippen molar-refractivity contribution >= 4 is 11.6 Å². The first-order valence-corrected chi connectivity index (χ1v) is 11.5. The number of aromatic nitrogens is 4. The highest BCUT2D eigenvalue weighted by atomic mass is 16.6. The molecule has 0 spiro atoms. The normalized spacial score (nSPS) is 14.8. The zero-order valence-electron chi connectivity index (χ0n) is 19.4. The first kappa shape index (κ1) is 23.3. The minimum atomic E-state index is -0.497. The van der Waals surface area contributed by atoms with E-state index in [1.807, 2.05) is 18.2 Å². The summed E-state index contributed by atoms with van der Waals surface area (Å²) in [5, 5.41) is 13.8. The molecule has 0 saturated heterocycles. The SMILES string of the molecule is CCCCCC/C=C/Oc1ccc(C(=O)N(C)c2cccc3c2OC(c2nnn[nH]2)CO3)cc1. The van der Waals surface area contributed by atoms with E-state index in [-0.39, 0.29) is 12.5 Å². The number of hydrogen-bond donors (Lipinski definition) is 1. The van der Waals surface area contributed by atoms with Crippen LogP contribution in [0.2, 0.25) is 0 Å². The summed E-state index contributed by atoms with van der Waals surface area (Å²) in [5.74, 6) is 1.99. The average Bonchev–Trinajstić information content (AvgIpc) is 3.42. The third-order valence-corrected chi connectivity index (χ3v) is 5.57. The van der Waals surface area contributed by atoms with Gasteiger partial charge in [-0.15, -0.1) is 5.10 Å². The van der Waals surface area contributed by atoms with E-state index < -0.39 is 6.10 Å². The zero-order chi connectivity index (χ0) is 23.8. The molecule has 9 heteroatoms. The highest BCUT2D eigenvalue weighted by Gasteiger charge is 2.29. The molecule has 1 amide bonds. The fraction of sp³-hybridized carbons (Fsp3) is 0.360. The van der Waals surface area contributed by atoms with Crippen molar-refractivity contribution in [1.82, 2.24) is 20.6 Å². The summed E-state index contributed by atoms with van der Waals surface area (Å²) < 4.78 is 17.6. The molecule has 9 nitrogen and oxygen atoms in total. The van der Waals surface area contributed by atoms with Crippen LogP contribution in [0, 0.1) is 0 Å². The van der Waals surface area contributed by atoms with Crippen molar-refractivity contribution < 1.29 is 19.0 Å². The molecule has 1 aliphatic rings. The van der Waals surface area contributed by atoms with Crippen molar-refractivity contribution in [3.05, 3.63) is 66.2 Å². The molecule has 2 heterocycles. The number of aromatic amines is 1. The number of nitrogens with one attached hydrogen (secondary N) is 1. The van der Waals surface area contributed by atoms with Gasteiger partial charge in [0.1, 0.15) is 12.4 Å². The number of hydrogen-bond acceptors (Lipinski definition) is 7. The fourth-order valence-electron chi connectivity index (χ4n) is 3.64. The monoisotopic (exact) mass is 463 g/mol. The number of amides is 1. The molecule has 3 aromatic rings. The molecule has 0 aliphatic carbocycles. The van der Waals surface area contributed by atoms with Crippen LogP contribution >= 0.6 is 0 Å². The van der Waals surface area contributed by atoms with Crippen molar-refractivity contribution in [1.29, 1.82) is 0 Å². The summed E-state index contributed by atoms with van der Waals surface area (Å²) >= 11 is 0. The molecule has 4 rings (SSSR count). The van der Waals surface area contributed by atoms with Gasteiger partial charge in [-0.1, -0.05) is 32.3 Å². The third-order valence-electron chi connectivity index (χ3n) is 5.57. The van der Waals surface area contributed by atoms with Crippen LogP contribution in [0.3, 0.4) is 0 Å². The highest BCUT2D eigenvalue weighted by molar-refractivity contribution is 6.06. The quantitative estimate of drug-likeness (QED) is 0.339. The van der Waals surface area contributed by atoms with Gasteiger partial charge in [0.15, 0.2) is 23.4 Å². The lowest BCUT2D eigenvalue weighted by Gasteiger charge is -2.29. The number of allylic oxidation sites excluding steroid dienone is 1. The van der Waals surface area contributed by atoms with E-state index in [2.05, 4.69) is 27.5 Å². The van der Waals surface area contributed by atoms with Crippen LogP contribution in [0.1, 0.15) is 61.3 Å². The number of anilines is 1. The number of nitrogens with zero attached hydrogens (tertiary/aromatic N) is 4. The minimum Gasteiger partial charge on any atom is -0.485 e. The van der Waals surface area contributed by atoms with Gasteiger partial charge in [0.2, 0.25) is 0 Å². The zero-order valence-corrected chi connectivity index (χ0v) is 19.4. The summed E-state index contributed by atoms with van der Waals surface area (Å²) in [5.41, 5.74) is 1.12. The van der Waals surface area contributed by atoms with Gasteiger partial charge < -0.3 is 19.1 Å². The number of unbranched alkanes of at least 4 members (excludes halogenated alkanes) is 4. The van der Waals surface area contributed by atoms with Crippen LogP contribution < -0.4 is 19.1 Å². The van der Waals surface area contributed by atoms with E-state index >= 15 is 0 Å². The number of rotatable bonds is 10. The minimum absolute atomic E-state index is 0.182. The summed E-state index contributed by atoms with van der Waals surface area (Å²) in [6.07, 6.45) is 9.16. The summed E-state index contributed by atoms with van der Waals surface area (Å²) in [6.45, 7) is 2.47. The van der Waals surface area contributed by atoms with E-state index in [9.17, 15) is 4.79 Å². The maximum absolute atomic E-state index is 13.2. The summed E-state index contributed by atoms with van der Waals surface area (Å²) in [6, 6.07) is 12.5. The Bertz CT molecular complexity index is 1100. The second kappa shape index (κ2) is 11.3. The van der Waals surface area contributed by atoms with Gasteiger partial charge in [0.25, 0.3) is 5.91 Å². The topological polar surface area (TPSA) is 102 Å². The number of benzene rings is 2. The molecule has 0 radical (unpaired) electrons. The van der Waals surface area contributed by atoms with E-state index in [0.29, 0.717) is 34.3 Å². The number of fused-ring (bicyclic) bond motifs is 1. The first-order valence-electron chi connectivity index (χ1n) is 11.5. The van der Waals surface area contributed by atoms with Crippen LogP contribution in [-0.4, -0.2) is 40.2 Å². The Morgan fingerprint density at radius 1 is 1.21 bits per heavy atom. The van der Waals surface area contributed by atoms with Gasteiger partial charge in [0, 0.05) is 12.6 Å². The molecule has 1 N–H and O–H groups in total. The van der Waals surface area contributed by atoms with Gasteiger partial charge >= 0.3 is 0 Å². The Hall–Kier alpha value is -3.88. The Morgan fingerprint density at radius 2 is 2.06 bits per heavy atom. The van der Waals surface area contributed by atoms with Crippen molar-refractivity contribution in [2.75, 3.05) is 18.6 Å². The molecule has 1 aromatic heterocycles. The Balaban J connectivity index is 1.40. The first-order chi connectivity index (χ1) is 16.7. The third kappa shape index (κ3) is 5.54. The Labute approximate surface area is 198 Å². The Morgan fingerprint density at radius 3 is 2.82 bits per heavy atom. The van der Waals surface area contributed by atoms with E-state index in [1.165, 1.54) is 30.6 Å². The summed E-state index contributed by atoms with van der Waals surface area (Å²) in [4.78, 5) is 14.7. The van der Waals surface area contributed by atoms with Crippen LogP contribution in [0.15, 0.2) is 54.8 Å². The number of ether oxygens (including phenoxy) is 3. The molecule has 0 bridgehead atoms. The molecule has 2 aromatic carbocycles. The average molecular weight is 464 g/mol. The molecule has 178 valence electrons. The van der Waals surface area contributed by atoms with Crippen molar-refractivity contribution in [2.24, 2.45) is 0 Å². The second-order valence-electron chi connectivity index (χ2n) is 8.04. The molecule has 1 aliphatic heterocycles. The van der Waals surface area contributed by atoms with E-state index in [1.54, 1.807) is 43.6 Å². The fourth-order valence-corrected chi connectivity index (χ4v) is 3.64. The number of carbonyl (C=O) groups is 1. The van der Waals surface area contributed by atoms with Crippen LogP contribution in [0.25, 0.3) is 0 Å². The maximum atomic E-state index is 13.2. The predicted molar refractivity (Wildman–Crippen MR) is 127 cm³/mol. The molecule has 0 saturated carbocycles. The standard InChI is InChI=1S/C25H29N5O4/c1-3-4-5-6-7-8-16-32-19-14-12-18(13-15-19)25(31)30(2)20-10-9-11-21-23(20)34-22(17-33-21)24-26-28-29-27-24/h8-16,22H,3-7,17H2,1-2H3,(H,26,27,28,29)/b16-8+. The molecular formula is C25H29N5O4. The van der Waals surface area contributed by atoms with Gasteiger partial charge in [-0.3, -0.25) is 4.79 Å². The van der Waals surface area contributed by atoms with Crippen LogP contribution in [-0.2, 0) is 0 Å². The molecule has 34 heavy (non-hydrogen) atoms. The van der Waals surface area contributed by atoms with Crippen molar-refractivity contribution in [2.45, 2.75) is 45.1 Å².